The molecule has 0 radical (unpaired) electrons. The number of hydrogen-bond acceptors (Lipinski definition) is 5. The van der Waals surface area contributed by atoms with Gasteiger partial charge in [0.1, 0.15) is 11.8 Å². The van der Waals surface area contributed by atoms with Crippen LogP contribution in [0.15, 0.2) is 73.1 Å². The van der Waals surface area contributed by atoms with Crippen molar-refractivity contribution in [2.75, 3.05) is 16.8 Å². The molecule has 7 nitrogen and oxygen atoms in total. The Kier molecular flexibility index (Phi) is 7.94. The summed E-state index contributed by atoms with van der Waals surface area (Å²) in [6, 6.07) is 17.0. The van der Waals surface area contributed by atoms with Gasteiger partial charge in [0.15, 0.2) is 5.11 Å². The van der Waals surface area contributed by atoms with Crippen molar-refractivity contribution in [3.05, 3.63) is 83.6 Å². The Hall–Kier alpha value is -3.49. The maximum absolute atomic E-state index is 13.5. The number of thiocarbonyl (C=S) groups is 1. The highest BCUT2D eigenvalue weighted by Gasteiger charge is 2.44. The van der Waals surface area contributed by atoms with E-state index < -0.39 is 6.04 Å². The third-order valence-corrected chi connectivity index (χ3v) is 6.14. The molecular weight excluding hydrogens is 484 g/mol. The van der Waals surface area contributed by atoms with Gasteiger partial charge in [-0.3, -0.25) is 19.5 Å². The summed E-state index contributed by atoms with van der Waals surface area (Å²) in [5, 5.41) is 3.76. The number of amides is 2. The lowest BCUT2D eigenvalue weighted by atomic mass is 10.1. The first kappa shape index (κ1) is 24.6. The zero-order chi connectivity index (χ0) is 24.8. The fourth-order valence-electron chi connectivity index (χ4n) is 3.77. The largest absolute Gasteiger partial charge is 0.494 e. The highest BCUT2D eigenvalue weighted by Crippen LogP contribution is 2.29. The number of nitrogens with zero attached hydrogens (tertiary/aromatic N) is 3. The first-order valence-electron chi connectivity index (χ1n) is 11.3. The van der Waals surface area contributed by atoms with Crippen LogP contribution in [0.1, 0.15) is 25.3 Å². The summed E-state index contributed by atoms with van der Waals surface area (Å²) in [5.74, 6) is 0.185. The van der Waals surface area contributed by atoms with Crippen LogP contribution in [0.5, 0.6) is 5.75 Å². The number of rotatable bonds is 9. The van der Waals surface area contributed by atoms with Gasteiger partial charge in [-0.2, -0.15) is 0 Å². The number of hydrogen-bond donors (Lipinski definition) is 1. The third kappa shape index (κ3) is 5.96. The van der Waals surface area contributed by atoms with Gasteiger partial charge in [0.2, 0.25) is 5.91 Å². The second-order valence-corrected chi connectivity index (χ2v) is 8.86. The summed E-state index contributed by atoms with van der Waals surface area (Å²) < 4.78 is 5.58. The number of anilines is 2. The number of carbonyl (C=O) groups is 2. The number of carbonyl (C=O) groups excluding carboxylic acids is 2. The quantitative estimate of drug-likeness (QED) is 0.407. The number of ether oxygens (including phenoxy) is 1. The van der Waals surface area contributed by atoms with E-state index in [1.807, 2.05) is 19.1 Å². The lowest BCUT2D eigenvalue weighted by Crippen LogP contribution is -2.37. The van der Waals surface area contributed by atoms with E-state index in [1.165, 1.54) is 4.90 Å². The Morgan fingerprint density at radius 1 is 1.14 bits per heavy atom. The third-order valence-electron chi connectivity index (χ3n) is 5.47. The molecule has 0 aliphatic carbocycles. The van der Waals surface area contributed by atoms with Gasteiger partial charge in [0.25, 0.3) is 5.91 Å². The number of pyridine rings is 1. The van der Waals surface area contributed by atoms with E-state index in [1.54, 1.807) is 65.8 Å². The number of halogens is 1. The van der Waals surface area contributed by atoms with E-state index in [2.05, 4.69) is 10.3 Å². The molecule has 1 aliphatic rings. The minimum absolute atomic E-state index is 0.0581. The molecule has 1 fully saturated rings. The summed E-state index contributed by atoms with van der Waals surface area (Å²) in [7, 11) is 0. The Balaban J connectivity index is 1.52. The average Bonchev–Trinajstić information content (AvgIpc) is 3.08. The van der Waals surface area contributed by atoms with E-state index in [-0.39, 0.29) is 18.2 Å². The fourth-order valence-corrected chi connectivity index (χ4v) is 4.29. The van der Waals surface area contributed by atoms with Gasteiger partial charge in [-0.15, -0.1) is 0 Å². The van der Waals surface area contributed by atoms with Crippen LogP contribution in [-0.2, 0) is 16.1 Å². The van der Waals surface area contributed by atoms with Crippen molar-refractivity contribution in [3.8, 4) is 5.75 Å². The summed E-state index contributed by atoms with van der Waals surface area (Å²) in [6.45, 7) is 3.02. The predicted octanol–water partition coefficient (Wildman–Crippen LogP) is 5.05. The standard InChI is InChI=1S/C26H25ClN4O3S/c1-2-14-34-22-11-7-20(8-12-22)29-24(32)15-23-25(33)31(21-9-5-19(27)6-10-21)26(35)30(23)17-18-4-3-13-28-16-18/h3-13,16,23H,2,14-15,17H2,1H3,(H,29,32)/t23-/m0/s1. The van der Waals surface area contributed by atoms with Crippen molar-refractivity contribution in [1.82, 2.24) is 9.88 Å². The maximum Gasteiger partial charge on any atom is 0.256 e. The fraction of sp³-hybridized carbons (Fsp3) is 0.231. The van der Waals surface area contributed by atoms with Crippen LogP contribution >= 0.6 is 23.8 Å². The molecule has 1 N–H and O–H groups in total. The SMILES string of the molecule is CCCOc1ccc(NC(=O)C[C@H]2C(=O)N(c3ccc(Cl)cc3)C(=S)N2Cc2cccnc2)cc1. The molecular formula is C26H25ClN4O3S. The predicted molar refractivity (Wildman–Crippen MR) is 141 cm³/mol. The Morgan fingerprint density at radius 3 is 2.54 bits per heavy atom. The summed E-state index contributed by atoms with van der Waals surface area (Å²) in [4.78, 5) is 33.8. The first-order valence-corrected chi connectivity index (χ1v) is 12.1. The molecule has 0 spiro atoms. The van der Waals surface area contributed by atoms with Crippen LogP contribution < -0.4 is 15.0 Å². The van der Waals surface area contributed by atoms with Crippen molar-refractivity contribution in [2.45, 2.75) is 32.4 Å². The second-order valence-electron chi connectivity index (χ2n) is 8.06. The highest BCUT2D eigenvalue weighted by atomic mass is 35.5. The molecule has 35 heavy (non-hydrogen) atoms. The Morgan fingerprint density at radius 2 is 1.89 bits per heavy atom. The molecule has 1 aromatic heterocycles. The van der Waals surface area contributed by atoms with E-state index in [0.717, 1.165) is 17.7 Å². The van der Waals surface area contributed by atoms with E-state index in [0.29, 0.717) is 34.7 Å². The molecule has 0 bridgehead atoms. The molecule has 0 saturated carbocycles. The highest BCUT2D eigenvalue weighted by molar-refractivity contribution is 7.80. The molecule has 9 heteroatoms. The molecule has 0 unspecified atom stereocenters. The van der Waals surface area contributed by atoms with Crippen LogP contribution in [0.3, 0.4) is 0 Å². The number of nitrogens with one attached hydrogen (secondary N) is 1. The van der Waals surface area contributed by atoms with E-state index in [4.69, 9.17) is 28.6 Å². The summed E-state index contributed by atoms with van der Waals surface area (Å²) in [6.07, 6.45) is 4.26. The second kappa shape index (κ2) is 11.3. The molecule has 3 aromatic rings. The van der Waals surface area contributed by atoms with E-state index in [9.17, 15) is 9.59 Å². The van der Waals surface area contributed by atoms with Crippen molar-refractivity contribution >= 4 is 52.1 Å². The molecule has 2 heterocycles. The van der Waals surface area contributed by atoms with Crippen molar-refractivity contribution in [1.29, 1.82) is 0 Å². The number of aromatic nitrogens is 1. The molecule has 1 atom stereocenters. The van der Waals surface area contributed by atoms with Gasteiger partial charge in [0, 0.05) is 29.6 Å². The molecule has 1 aliphatic heterocycles. The average molecular weight is 509 g/mol. The minimum atomic E-state index is -0.759. The lowest BCUT2D eigenvalue weighted by Gasteiger charge is -2.24. The lowest BCUT2D eigenvalue weighted by molar-refractivity contribution is -0.124. The van der Waals surface area contributed by atoms with Crippen LogP contribution in [0.4, 0.5) is 11.4 Å². The van der Waals surface area contributed by atoms with Gasteiger partial charge in [-0.25, -0.2) is 0 Å². The van der Waals surface area contributed by atoms with Crippen molar-refractivity contribution < 1.29 is 14.3 Å². The van der Waals surface area contributed by atoms with Crippen LogP contribution in [0.2, 0.25) is 5.02 Å². The van der Waals surface area contributed by atoms with Gasteiger partial charge < -0.3 is 15.0 Å². The smallest absolute Gasteiger partial charge is 0.256 e. The molecule has 4 rings (SSSR count). The van der Waals surface area contributed by atoms with E-state index >= 15 is 0 Å². The maximum atomic E-state index is 13.5. The molecule has 2 amide bonds. The van der Waals surface area contributed by atoms with Crippen LogP contribution in [0.25, 0.3) is 0 Å². The van der Waals surface area contributed by atoms with Gasteiger partial charge in [0.05, 0.1) is 18.7 Å². The number of benzene rings is 2. The first-order chi connectivity index (χ1) is 17.0. The zero-order valence-electron chi connectivity index (χ0n) is 19.2. The minimum Gasteiger partial charge on any atom is -0.494 e. The molecule has 2 aromatic carbocycles. The van der Waals surface area contributed by atoms with Crippen molar-refractivity contribution in [2.24, 2.45) is 0 Å². The molecule has 180 valence electrons. The van der Waals surface area contributed by atoms with Gasteiger partial charge >= 0.3 is 0 Å². The Labute approximate surface area is 214 Å². The summed E-state index contributed by atoms with van der Waals surface area (Å²) in [5.41, 5.74) is 2.11. The monoisotopic (exact) mass is 508 g/mol. The summed E-state index contributed by atoms with van der Waals surface area (Å²) >= 11 is 11.7. The Bertz CT molecular complexity index is 1190. The van der Waals surface area contributed by atoms with Crippen LogP contribution in [0, 0.1) is 0 Å². The van der Waals surface area contributed by atoms with Gasteiger partial charge in [-0.1, -0.05) is 24.6 Å². The van der Waals surface area contributed by atoms with Crippen LogP contribution in [-0.4, -0.2) is 39.5 Å². The topological polar surface area (TPSA) is 74.8 Å². The molecule has 1 saturated heterocycles. The van der Waals surface area contributed by atoms with Gasteiger partial charge in [-0.05, 0) is 78.8 Å². The normalized spacial score (nSPS) is 15.4. The van der Waals surface area contributed by atoms with Crippen molar-refractivity contribution in [3.63, 3.8) is 0 Å². The zero-order valence-corrected chi connectivity index (χ0v) is 20.8.